The van der Waals surface area contributed by atoms with Gasteiger partial charge in [-0.1, -0.05) is 6.42 Å². The van der Waals surface area contributed by atoms with Crippen molar-refractivity contribution in [1.29, 1.82) is 0 Å². The van der Waals surface area contributed by atoms with E-state index in [9.17, 15) is 14.4 Å². The average molecular weight is 482 g/mol. The molecule has 1 aromatic carbocycles. The normalized spacial score (nSPS) is 30.7. The molecule has 1 spiro atoms. The molecule has 8 heteroatoms. The zero-order valence-corrected chi connectivity index (χ0v) is 20.2. The quantitative estimate of drug-likeness (QED) is 0.628. The number of nitrogens with one attached hydrogen (secondary N) is 2. The van der Waals surface area contributed by atoms with E-state index in [2.05, 4.69) is 10.6 Å². The standard InChI is InChI=1S/C27H35N3O5/c31-24-8-7-22(25(32)29-24)30-16-17-13-19(5-6-20(17)26(30)33)35-23-4-2-1-3-21(23)28-18-14-27(15-18)9-11-34-12-10-27/h5-6,13,18,21-23,28H,1-4,7-12,14-16H2,(H,29,31,32)/t21-,22?,23+/m0/s1. The number of hydrogen-bond acceptors (Lipinski definition) is 6. The third-order valence-corrected chi connectivity index (χ3v) is 8.85. The first-order valence-electron chi connectivity index (χ1n) is 13.3. The Morgan fingerprint density at radius 2 is 1.86 bits per heavy atom. The van der Waals surface area contributed by atoms with Gasteiger partial charge in [0, 0.05) is 43.8 Å². The van der Waals surface area contributed by atoms with Gasteiger partial charge >= 0.3 is 0 Å². The van der Waals surface area contributed by atoms with Gasteiger partial charge in [0.1, 0.15) is 17.9 Å². The highest BCUT2D eigenvalue weighted by molar-refractivity contribution is 6.05. The van der Waals surface area contributed by atoms with Gasteiger partial charge in [-0.15, -0.1) is 0 Å². The maximum absolute atomic E-state index is 13.0. The summed E-state index contributed by atoms with van der Waals surface area (Å²) >= 11 is 0. The third-order valence-electron chi connectivity index (χ3n) is 8.85. The number of imide groups is 1. The maximum atomic E-state index is 13.0. The number of amides is 3. The molecule has 2 N–H and O–H groups in total. The maximum Gasteiger partial charge on any atom is 0.255 e. The second-order valence-electron chi connectivity index (χ2n) is 11.2. The van der Waals surface area contributed by atoms with E-state index < -0.39 is 6.04 Å². The molecule has 8 nitrogen and oxygen atoms in total. The predicted octanol–water partition coefficient (Wildman–Crippen LogP) is 2.69. The summed E-state index contributed by atoms with van der Waals surface area (Å²) in [5.41, 5.74) is 2.01. The van der Waals surface area contributed by atoms with Crippen molar-refractivity contribution >= 4 is 17.7 Å². The highest BCUT2D eigenvalue weighted by atomic mass is 16.5. The highest BCUT2D eigenvalue weighted by Crippen LogP contribution is 2.49. The van der Waals surface area contributed by atoms with E-state index in [0.717, 1.165) is 37.4 Å². The number of piperidine rings is 1. The fourth-order valence-electron chi connectivity index (χ4n) is 6.85. The summed E-state index contributed by atoms with van der Waals surface area (Å²) in [4.78, 5) is 38.4. The SMILES string of the molecule is O=C1CCC(N2Cc3cc(O[C@@H]4CCCC[C@@H]4NC4CC5(CCOCC5)C4)ccc3C2=O)C(=O)N1. The molecule has 1 unspecified atom stereocenters. The van der Waals surface area contributed by atoms with Crippen LogP contribution in [0.25, 0.3) is 0 Å². The van der Waals surface area contributed by atoms with E-state index in [1.165, 1.54) is 38.5 Å². The molecule has 5 aliphatic rings. The monoisotopic (exact) mass is 481 g/mol. The number of hydrogen-bond donors (Lipinski definition) is 2. The Labute approximate surface area is 206 Å². The Hall–Kier alpha value is -2.45. The van der Waals surface area contributed by atoms with Gasteiger partial charge in [-0.2, -0.15) is 0 Å². The van der Waals surface area contributed by atoms with Crippen LogP contribution in [0.1, 0.15) is 80.1 Å². The number of benzene rings is 1. The molecule has 2 saturated carbocycles. The number of carbonyl (C=O) groups is 3. The van der Waals surface area contributed by atoms with Gasteiger partial charge in [-0.05, 0) is 80.5 Å². The molecule has 4 fully saturated rings. The Balaban J connectivity index is 1.09. The van der Waals surface area contributed by atoms with Crippen LogP contribution in [-0.2, 0) is 20.9 Å². The molecule has 3 heterocycles. The first kappa shape index (κ1) is 23.0. The number of carbonyl (C=O) groups excluding carboxylic acids is 3. The van der Waals surface area contributed by atoms with E-state index in [1.54, 1.807) is 4.90 Å². The number of fused-ring (bicyclic) bond motifs is 1. The van der Waals surface area contributed by atoms with Crippen molar-refractivity contribution in [2.24, 2.45) is 5.41 Å². The lowest BCUT2D eigenvalue weighted by atomic mass is 9.61. The van der Waals surface area contributed by atoms with Crippen molar-refractivity contribution in [2.45, 2.75) is 95.0 Å². The summed E-state index contributed by atoms with van der Waals surface area (Å²) in [6.45, 7) is 2.19. The van der Waals surface area contributed by atoms with Crippen LogP contribution >= 0.6 is 0 Å². The number of nitrogens with zero attached hydrogens (tertiary/aromatic N) is 1. The summed E-state index contributed by atoms with van der Waals surface area (Å²) in [7, 11) is 0. The van der Waals surface area contributed by atoms with Crippen LogP contribution in [0.4, 0.5) is 0 Å². The second-order valence-corrected chi connectivity index (χ2v) is 11.2. The first-order chi connectivity index (χ1) is 17.0. The van der Waals surface area contributed by atoms with Crippen molar-refractivity contribution in [3.63, 3.8) is 0 Å². The molecule has 35 heavy (non-hydrogen) atoms. The van der Waals surface area contributed by atoms with E-state index in [-0.39, 0.29) is 30.2 Å². The fourth-order valence-corrected chi connectivity index (χ4v) is 6.85. The Morgan fingerprint density at radius 3 is 2.66 bits per heavy atom. The van der Waals surface area contributed by atoms with Gasteiger partial charge in [-0.3, -0.25) is 19.7 Å². The van der Waals surface area contributed by atoms with Gasteiger partial charge < -0.3 is 19.7 Å². The number of rotatable bonds is 5. The molecular formula is C27H35N3O5. The molecule has 1 aromatic rings. The average Bonchev–Trinajstić information content (AvgIpc) is 3.15. The molecule has 2 saturated heterocycles. The summed E-state index contributed by atoms with van der Waals surface area (Å²) in [6, 6.07) is 6.00. The van der Waals surface area contributed by atoms with Gasteiger partial charge in [0.2, 0.25) is 11.8 Å². The van der Waals surface area contributed by atoms with E-state index in [1.807, 2.05) is 18.2 Å². The first-order valence-corrected chi connectivity index (χ1v) is 13.3. The molecular weight excluding hydrogens is 446 g/mol. The summed E-state index contributed by atoms with van der Waals surface area (Å²) in [5.74, 6) is -0.0136. The van der Waals surface area contributed by atoms with Crippen LogP contribution in [0.15, 0.2) is 18.2 Å². The predicted molar refractivity (Wildman–Crippen MR) is 128 cm³/mol. The van der Waals surface area contributed by atoms with Gasteiger partial charge in [-0.25, -0.2) is 0 Å². The molecule has 0 radical (unpaired) electrons. The fraction of sp³-hybridized carbons (Fsp3) is 0.667. The highest BCUT2D eigenvalue weighted by Gasteiger charge is 2.46. The topological polar surface area (TPSA) is 97.0 Å². The van der Waals surface area contributed by atoms with Crippen LogP contribution in [0.5, 0.6) is 5.75 Å². The largest absolute Gasteiger partial charge is 0.489 e. The molecule has 3 aliphatic heterocycles. The molecule has 188 valence electrons. The molecule has 3 amide bonds. The zero-order chi connectivity index (χ0) is 24.0. The van der Waals surface area contributed by atoms with E-state index in [4.69, 9.17) is 9.47 Å². The van der Waals surface area contributed by atoms with Crippen molar-refractivity contribution in [1.82, 2.24) is 15.5 Å². The van der Waals surface area contributed by atoms with Crippen LogP contribution in [0, 0.1) is 5.41 Å². The van der Waals surface area contributed by atoms with Crippen LogP contribution in [-0.4, -0.2) is 60.1 Å². The molecule has 0 aromatic heterocycles. The third kappa shape index (κ3) is 4.47. The second kappa shape index (κ2) is 9.21. The Morgan fingerprint density at radius 1 is 1.06 bits per heavy atom. The molecule has 6 rings (SSSR count). The van der Waals surface area contributed by atoms with Crippen molar-refractivity contribution in [3.8, 4) is 5.75 Å². The lowest BCUT2D eigenvalue weighted by Crippen LogP contribution is -2.57. The van der Waals surface area contributed by atoms with Crippen molar-refractivity contribution < 1.29 is 23.9 Å². The lowest BCUT2D eigenvalue weighted by Gasteiger charge is -2.52. The summed E-state index contributed by atoms with van der Waals surface area (Å²) < 4.78 is 12.1. The van der Waals surface area contributed by atoms with Crippen LogP contribution in [0.2, 0.25) is 0 Å². The molecule has 0 bridgehead atoms. The Bertz CT molecular complexity index is 1010. The molecule has 3 atom stereocenters. The minimum Gasteiger partial charge on any atom is -0.489 e. The lowest BCUT2D eigenvalue weighted by molar-refractivity contribution is -0.136. The minimum absolute atomic E-state index is 0.122. The van der Waals surface area contributed by atoms with Crippen LogP contribution in [0.3, 0.4) is 0 Å². The molecule has 2 aliphatic carbocycles. The van der Waals surface area contributed by atoms with Crippen LogP contribution < -0.4 is 15.4 Å². The number of ether oxygens (including phenoxy) is 2. The van der Waals surface area contributed by atoms with Gasteiger partial charge in [0.15, 0.2) is 0 Å². The van der Waals surface area contributed by atoms with Crippen molar-refractivity contribution in [3.05, 3.63) is 29.3 Å². The zero-order valence-electron chi connectivity index (χ0n) is 20.2. The van der Waals surface area contributed by atoms with E-state index in [0.29, 0.717) is 36.0 Å². The minimum atomic E-state index is -0.592. The summed E-state index contributed by atoms with van der Waals surface area (Å²) in [5, 5.41) is 6.27. The van der Waals surface area contributed by atoms with Crippen molar-refractivity contribution in [2.75, 3.05) is 13.2 Å². The van der Waals surface area contributed by atoms with Gasteiger partial charge in [0.05, 0.1) is 0 Å². The van der Waals surface area contributed by atoms with Gasteiger partial charge in [0.25, 0.3) is 5.91 Å². The van der Waals surface area contributed by atoms with E-state index >= 15 is 0 Å². The smallest absolute Gasteiger partial charge is 0.255 e. The Kier molecular flexibility index (Phi) is 6.05. The summed E-state index contributed by atoms with van der Waals surface area (Å²) in [6.07, 6.45) is 10.2.